The topological polar surface area (TPSA) is 72.7 Å². The van der Waals surface area contributed by atoms with Crippen LogP contribution in [0, 0.1) is 0 Å². The van der Waals surface area contributed by atoms with Crippen LogP contribution in [0.4, 0.5) is 5.95 Å². The summed E-state index contributed by atoms with van der Waals surface area (Å²) in [5.74, 6) is 0.364. The minimum Gasteiger partial charge on any atom is -0.288 e. The van der Waals surface area contributed by atoms with Crippen molar-refractivity contribution in [2.24, 2.45) is 0 Å². The molecule has 2 aromatic rings. The van der Waals surface area contributed by atoms with Crippen LogP contribution in [0.15, 0.2) is 43.0 Å². The molecule has 6 nitrogen and oxygen atoms in total. The van der Waals surface area contributed by atoms with Crippen molar-refractivity contribution in [1.82, 2.24) is 20.2 Å². The van der Waals surface area contributed by atoms with Crippen molar-refractivity contribution in [3.8, 4) is 0 Å². The molecule has 0 aliphatic rings. The van der Waals surface area contributed by atoms with Crippen LogP contribution in [0.2, 0.25) is 0 Å². The second kappa shape index (κ2) is 7.31. The number of hydrogen-bond donors (Lipinski definition) is 1. The molecule has 0 aliphatic carbocycles. The number of hydrogen-bond acceptors (Lipinski definition) is 4. The van der Waals surface area contributed by atoms with E-state index in [2.05, 4.69) is 53.3 Å². The highest BCUT2D eigenvalue weighted by atomic mass is 16.1. The molecule has 0 unspecified atom stereocenters. The van der Waals surface area contributed by atoms with Gasteiger partial charge in [0.2, 0.25) is 0 Å². The highest BCUT2D eigenvalue weighted by Gasteiger charge is 2.04. The summed E-state index contributed by atoms with van der Waals surface area (Å²) in [6.07, 6.45) is 4.83. The van der Waals surface area contributed by atoms with E-state index in [0.29, 0.717) is 12.5 Å². The van der Waals surface area contributed by atoms with Crippen LogP contribution in [-0.4, -0.2) is 26.1 Å². The lowest BCUT2D eigenvalue weighted by Crippen LogP contribution is -2.09. The van der Waals surface area contributed by atoms with Gasteiger partial charge in [-0.05, 0) is 28.3 Å². The summed E-state index contributed by atoms with van der Waals surface area (Å²) < 4.78 is 0. The van der Waals surface area contributed by atoms with E-state index in [1.165, 1.54) is 16.4 Å². The number of nitrogens with zero attached hydrogens (tertiary/aromatic N) is 4. The summed E-state index contributed by atoms with van der Waals surface area (Å²) in [5.41, 5.74) is 2.23. The largest absolute Gasteiger partial charge is 0.288 e. The minimum atomic E-state index is -0.300. The predicted octanol–water partition coefficient (Wildman–Crippen LogP) is 2.63. The van der Waals surface area contributed by atoms with Crippen LogP contribution in [0.5, 0.6) is 0 Å². The van der Waals surface area contributed by atoms with Crippen molar-refractivity contribution in [1.29, 1.82) is 0 Å². The Morgan fingerprint density at radius 3 is 2.73 bits per heavy atom. The van der Waals surface area contributed by atoms with Crippen molar-refractivity contribution in [3.05, 3.63) is 54.1 Å². The first-order valence-electron chi connectivity index (χ1n) is 7.06. The Kier molecular flexibility index (Phi) is 5.19. The minimum absolute atomic E-state index is 0.173. The van der Waals surface area contributed by atoms with Crippen LogP contribution >= 0.6 is 0 Å². The quantitative estimate of drug-likeness (QED) is 0.657. The smallest absolute Gasteiger partial charge is 0.270 e. The fourth-order valence-electron chi connectivity index (χ4n) is 1.80. The van der Waals surface area contributed by atoms with E-state index in [4.69, 9.17) is 0 Å². The number of tetrazole rings is 1. The van der Waals surface area contributed by atoms with Gasteiger partial charge in [-0.1, -0.05) is 49.3 Å². The summed E-state index contributed by atoms with van der Waals surface area (Å²) in [6.45, 7) is 8.31. The third-order valence-electron chi connectivity index (χ3n) is 3.01. The summed E-state index contributed by atoms with van der Waals surface area (Å²) in [6, 6.07) is 8.09. The number of carbonyl (C=O) groups is 1. The maximum absolute atomic E-state index is 11.8. The van der Waals surface area contributed by atoms with E-state index in [1.807, 2.05) is 12.1 Å². The van der Waals surface area contributed by atoms with Gasteiger partial charge in [0, 0.05) is 6.08 Å². The first-order chi connectivity index (χ1) is 10.6. The number of nitrogens with one attached hydrogen (secondary N) is 1. The van der Waals surface area contributed by atoms with Crippen LogP contribution in [0.1, 0.15) is 30.9 Å². The van der Waals surface area contributed by atoms with Crippen LogP contribution in [0.25, 0.3) is 6.08 Å². The van der Waals surface area contributed by atoms with Crippen LogP contribution in [0.3, 0.4) is 0 Å². The lowest BCUT2D eigenvalue weighted by molar-refractivity contribution is -0.111. The maximum Gasteiger partial charge on any atom is 0.270 e. The number of benzene rings is 1. The Labute approximate surface area is 129 Å². The highest BCUT2D eigenvalue weighted by molar-refractivity contribution is 6.00. The predicted molar refractivity (Wildman–Crippen MR) is 86.2 cm³/mol. The third-order valence-corrected chi connectivity index (χ3v) is 3.01. The molecule has 0 aliphatic heterocycles. The first-order valence-corrected chi connectivity index (χ1v) is 7.06. The number of anilines is 1. The molecule has 1 N–H and O–H groups in total. The van der Waals surface area contributed by atoms with Crippen molar-refractivity contribution >= 4 is 17.9 Å². The normalized spacial score (nSPS) is 11.0. The molecular formula is C16H19N5O. The van der Waals surface area contributed by atoms with Gasteiger partial charge in [-0.2, -0.15) is 4.80 Å². The SMILES string of the molecule is C=CCn1nnc(NC(=O)/C=C/c2ccc(C(C)C)cc2)n1. The Morgan fingerprint density at radius 2 is 2.09 bits per heavy atom. The van der Waals surface area contributed by atoms with E-state index < -0.39 is 0 Å². The Balaban J connectivity index is 1.94. The second-order valence-electron chi connectivity index (χ2n) is 5.10. The van der Waals surface area contributed by atoms with Gasteiger partial charge in [-0.25, -0.2) is 0 Å². The molecule has 0 saturated carbocycles. The summed E-state index contributed by atoms with van der Waals surface area (Å²) >= 11 is 0. The number of amides is 1. The molecule has 1 aromatic carbocycles. The molecule has 2 rings (SSSR count). The molecule has 1 amide bonds. The van der Waals surface area contributed by atoms with Crippen molar-refractivity contribution in [2.75, 3.05) is 5.32 Å². The highest BCUT2D eigenvalue weighted by Crippen LogP contribution is 2.15. The standard InChI is InChI=1S/C16H19N5O/c1-4-11-21-19-16(18-20-21)17-15(22)10-7-13-5-8-14(9-6-13)12(2)3/h4-10,12H,1,11H2,2-3H3,(H,17,19,22)/b10-7+. The Hall–Kier alpha value is -2.76. The summed E-state index contributed by atoms with van der Waals surface area (Å²) in [4.78, 5) is 13.1. The first kappa shape index (κ1) is 15.6. The number of carbonyl (C=O) groups excluding carboxylic acids is 1. The third kappa shape index (κ3) is 4.37. The van der Waals surface area contributed by atoms with E-state index in [9.17, 15) is 4.79 Å². The van der Waals surface area contributed by atoms with Gasteiger partial charge >= 0.3 is 0 Å². The molecule has 0 saturated heterocycles. The van der Waals surface area contributed by atoms with Gasteiger partial charge in [0.05, 0.1) is 6.54 Å². The lowest BCUT2D eigenvalue weighted by Gasteiger charge is -2.04. The van der Waals surface area contributed by atoms with Gasteiger partial charge in [0.25, 0.3) is 11.9 Å². The molecule has 22 heavy (non-hydrogen) atoms. The maximum atomic E-state index is 11.8. The number of allylic oxidation sites excluding steroid dienone is 1. The molecule has 0 atom stereocenters. The van der Waals surface area contributed by atoms with Crippen LogP contribution < -0.4 is 5.32 Å². The molecule has 114 valence electrons. The summed E-state index contributed by atoms with van der Waals surface area (Å²) in [7, 11) is 0. The Bertz CT molecular complexity index is 670. The van der Waals surface area contributed by atoms with Gasteiger partial charge in [-0.3, -0.25) is 10.1 Å². The van der Waals surface area contributed by atoms with Gasteiger partial charge in [-0.15, -0.1) is 11.7 Å². The average Bonchev–Trinajstić information content (AvgIpc) is 2.93. The molecule has 0 fully saturated rings. The van der Waals surface area contributed by atoms with E-state index in [1.54, 1.807) is 12.2 Å². The average molecular weight is 297 g/mol. The molecular weight excluding hydrogens is 278 g/mol. The molecule has 1 aromatic heterocycles. The molecule has 0 bridgehead atoms. The Morgan fingerprint density at radius 1 is 1.36 bits per heavy atom. The number of rotatable bonds is 6. The van der Waals surface area contributed by atoms with Gasteiger partial charge in [0.1, 0.15) is 0 Å². The molecule has 1 heterocycles. The zero-order valence-corrected chi connectivity index (χ0v) is 12.7. The van der Waals surface area contributed by atoms with E-state index >= 15 is 0 Å². The zero-order valence-electron chi connectivity index (χ0n) is 12.7. The van der Waals surface area contributed by atoms with E-state index in [0.717, 1.165) is 5.56 Å². The van der Waals surface area contributed by atoms with Gasteiger partial charge < -0.3 is 0 Å². The van der Waals surface area contributed by atoms with Crippen molar-refractivity contribution in [2.45, 2.75) is 26.3 Å². The monoisotopic (exact) mass is 297 g/mol. The van der Waals surface area contributed by atoms with Crippen molar-refractivity contribution < 1.29 is 4.79 Å². The second-order valence-corrected chi connectivity index (χ2v) is 5.10. The zero-order chi connectivity index (χ0) is 15.9. The van der Waals surface area contributed by atoms with Gasteiger partial charge in [0.15, 0.2) is 0 Å². The van der Waals surface area contributed by atoms with Crippen LogP contribution in [-0.2, 0) is 11.3 Å². The fourth-order valence-corrected chi connectivity index (χ4v) is 1.80. The lowest BCUT2D eigenvalue weighted by atomic mass is 10.0. The molecule has 6 heteroatoms. The molecule has 0 spiro atoms. The number of aromatic nitrogens is 4. The van der Waals surface area contributed by atoms with Crippen molar-refractivity contribution in [3.63, 3.8) is 0 Å². The van der Waals surface area contributed by atoms with E-state index in [-0.39, 0.29) is 11.9 Å². The summed E-state index contributed by atoms with van der Waals surface area (Å²) in [5, 5.41) is 14.0. The molecule has 0 radical (unpaired) electrons. The fraction of sp³-hybridized carbons (Fsp3) is 0.250.